The van der Waals surface area contributed by atoms with Crippen LogP contribution in [0.5, 0.6) is 5.75 Å². The van der Waals surface area contributed by atoms with Crippen molar-refractivity contribution in [2.24, 2.45) is 5.92 Å². The van der Waals surface area contributed by atoms with Gasteiger partial charge in [0.15, 0.2) is 11.6 Å². The van der Waals surface area contributed by atoms with Gasteiger partial charge in [-0.05, 0) is 24.5 Å². The van der Waals surface area contributed by atoms with Gasteiger partial charge >= 0.3 is 6.03 Å². The first-order valence-corrected chi connectivity index (χ1v) is 9.86. The van der Waals surface area contributed by atoms with Gasteiger partial charge in [0, 0.05) is 41.1 Å². The number of rotatable bonds is 5. The molecule has 2 aromatic heterocycles. The quantitative estimate of drug-likeness (QED) is 0.697. The van der Waals surface area contributed by atoms with Crippen LogP contribution in [0.1, 0.15) is 24.7 Å². The fourth-order valence-corrected chi connectivity index (χ4v) is 3.80. The molecule has 142 valence electrons. The molecule has 8 heteroatoms. The molecule has 2 amide bonds. The highest BCUT2D eigenvalue weighted by Gasteiger charge is 2.22. The molecular formula is C19H21FN4O2S. The van der Waals surface area contributed by atoms with E-state index in [2.05, 4.69) is 22.2 Å². The Balaban J connectivity index is 1.41. The molecule has 0 unspecified atom stereocenters. The second-order valence-electron chi connectivity index (χ2n) is 6.93. The summed E-state index contributed by atoms with van der Waals surface area (Å²) in [5.74, 6) is 0.312. The van der Waals surface area contributed by atoms with Crippen LogP contribution in [0.2, 0.25) is 0 Å². The molecule has 4 rings (SSSR count). The minimum atomic E-state index is -0.418. The maximum atomic E-state index is 14.3. The van der Waals surface area contributed by atoms with Crippen molar-refractivity contribution < 1.29 is 13.9 Å². The number of carbonyl (C=O) groups is 1. The molecular weight excluding hydrogens is 367 g/mol. The van der Waals surface area contributed by atoms with Gasteiger partial charge in [-0.25, -0.2) is 14.2 Å². The second-order valence-corrected chi connectivity index (χ2v) is 7.65. The van der Waals surface area contributed by atoms with Gasteiger partial charge in [0.2, 0.25) is 0 Å². The van der Waals surface area contributed by atoms with Crippen LogP contribution >= 0.6 is 11.3 Å². The van der Waals surface area contributed by atoms with E-state index < -0.39 is 5.82 Å². The van der Waals surface area contributed by atoms with E-state index >= 15 is 0 Å². The van der Waals surface area contributed by atoms with Gasteiger partial charge in [-0.1, -0.05) is 6.92 Å². The number of benzene rings is 1. The van der Waals surface area contributed by atoms with Crippen molar-refractivity contribution in [1.29, 1.82) is 0 Å². The van der Waals surface area contributed by atoms with E-state index in [-0.39, 0.29) is 18.4 Å². The second kappa shape index (κ2) is 7.56. The Bertz CT molecular complexity index is 941. The van der Waals surface area contributed by atoms with E-state index in [0.717, 1.165) is 41.8 Å². The van der Waals surface area contributed by atoms with Gasteiger partial charge in [0.05, 0.1) is 17.7 Å². The number of carbonyl (C=O) groups excluding carboxylic acids is 1. The molecule has 1 aliphatic rings. The lowest BCUT2D eigenvalue weighted by Crippen LogP contribution is -2.38. The molecule has 0 bridgehead atoms. The van der Waals surface area contributed by atoms with Crippen LogP contribution in [0.15, 0.2) is 29.1 Å². The molecule has 1 saturated heterocycles. The Kier molecular flexibility index (Phi) is 4.98. The van der Waals surface area contributed by atoms with Crippen molar-refractivity contribution in [3.8, 4) is 5.75 Å². The predicted octanol–water partition coefficient (Wildman–Crippen LogP) is 3.89. The first-order valence-electron chi connectivity index (χ1n) is 8.92. The third-order valence-electron chi connectivity index (χ3n) is 4.73. The monoisotopic (exact) mass is 388 g/mol. The first-order chi connectivity index (χ1) is 13.1. The zero-order valence-corrected chi connectivity index (χ0v) is 15.8. The average Bonchev–Trinajstić information content (AvgIpc) is 3.38. The Morgan fingerprint density at radius 2 is 2.37 bits per heavy atom. The van der Waals surface area contributed by atoms with E-state index in [1.54, 1.807) is 11.6 Å². The molecule has 1 aliphatic heterocycles. The van der Waals surface area contributed by atoms with Crippen molar-refractivity contribution in [3.05, 3.63) is 46.3 Å². The number of halogens is 1. The molecule has 3 aromatic rings. The number of hydrogen-bond acceptors (Lipinski definition) is 4. The highest BCUT2D eigenvalue weighted by molar-refractivity contribution is 7.07. The number of thiazole rings is 1. The number of hydrogen-bond donors (Lipinski definition) is 2. The van der Waals surface area contributed by atoms with Crippen molar-refractivity contribution in [2.75, 3.05) is 13.1 Å². The van der Waals surface area contributed by atoms with Crippen molar-refractivity contribution >= 4 is 28.3 Å². The van der Waals surface area contributed by atoms with Gasteiger partial charge in [0.1, 0.15) is 6.61 Å². The van der Waals surface area contributed by atoms with Crippen molar-refractivity contribution in [1.82, 2.24) is 20.2 Å². The molecule has 1 aromatic carbocycles. The number of nitrogens with one attached hydrogen (secondary N) is 2. The summed E-state index contributed by atoms with van der Waals surface area (Å²) in [4.78, 5) is 21.4. The van der Waals surface area contributed by atoms with Crippen molar-refractivity contribution in [2.45, 2.75) is 26.5 Å². The number of fused-ring (bicyclic) bond motifs is 1. The molecule has 1 atom stereocenters. The molecule has 0 saturated carbocycles. The number of ether oxygens (including phenoxy) is 1. The highest BCUT2D eigenvalue weighted by atomic mass is 32.1. The van der Waals surface area contributed by atoms with E-state index in [4.69, 9.17) is 4.74 Å². The lowest BCUT2D eigenvalue weighted by atomic mass is 10.2. The zero-order valence-electron chi connectivity index (χ0n) is 15.0. The highest BCUT2D eigenvalue weighted by Crippen LogP contribution is 2.26. The maximum Gasteiger partial charge on any atom is 0.317 e. The van der Waals surface area contributed by atoms with E-state index in [1.165, 1.54) is 17.4 Å². The van der Waals surface area contributed by atoms with Crippen LogP contribution < -0.4 is 10.1 Å². The summed E-state index contributed by atoms with van der Waals surface area (Å²) in [6.07, 6.45) is 1.04. The van der Waals surface area contributed by atoms with Gasteiger partial charge < -0.3 is 19.9 Å². The Hall–Kier alpha value is -2.61. The molecule has 3 heterocycles. The summed E-state index contributed by atoms with van der Waals surface area (Å²) in [7, 11) is 0. The van der Waals surface area contributed by atoms with Crippen LogP contribution in [0.25, 0.3) is 10.9 Å². The fraction of sp³-hybridized carbons (Fsp3) is 0.368. The standard InChI is InChI=1S/C19H21FN4O2S/c1-12-2-3-24(8-12)19(25)21-7-14-4-13-5-16(20)18(6-17(13)23-14)26-9-15-10-27-11-22-15/h4-6,10-12,23H,2-3,7-9H2,1H3,(H,21,25)/t12-/m0/s1. The number of aromatic amines is 1. The maximum absolute atomic E-state index is 14.3. The number of nitrogens with zero attached hydrogens (tertiary/aromatic N) is 2. The third kappa shape index (κ3) is 4.05. The molecule has 0 radical (unpaired) electrons. The van der Waals surface area contributed by atoms with Gasteiger partial charge in [-0.3, -0.25) is 0 Å². The van der Waals surface area contributed by atoms with Gasteiger partial charge in [-0.2, -0.15) is 0 Å². The number of urea groups is 1. The normalized spacial score (nSPS) is 16.8. The Labute approximate surface area is 160 Å². The Morgan fingerprint density at radius 3 is 3.11 bits per heavy atom. The Morgan fingerprint density at radius 1 is 1.48 bits per heavy atom. The number of amides is 2. The molecule has 0 aliphatic carbocycles. The van der Waals surface area contributed by atoms with Crippen LogP contribution in [-0.4, -0.2) is 34.0 Å². The third-order valence-corrected chi connectivity index (χ3v) is 5.36. The smallest absolute Gasteiger partial charge is 0.317 e. The molecule has 1 fully saturated rings. The fourth-order valence-electron chi connectivity index (χ4n) is 3.26. The summed E-state index contributed by atoms with van der Waals surface area (Å²) in [5.41, 5.74) is 4.07. The molecule has 0 spiro atoms. The van der Waals surface area contributed by atoms with E-state index in [0.29, 0.717) is 12.5 Å². The summed E-state index contributed by atoms with van der Waals surface area (Å²) < 4.78 is 19.8. The van der Waals surface area contributed by atoms with E-state index in [1.807, 2.05) is 16.3 Å². The number of aromatic nitrogens is 2. The summed E-state index contributed by atoms with van der Waals surface area (Å²) in [5, 5.41) is 5.53. The first kappa shape index (κ1) is 17.8. The summed E-state index contributed by atoms with van der Waals surface area (Å²) >= 11 is 1.47. The molecule has 6 nitrogen and oxygen atoms in total. The van der Waals surface area contributed by atoms with Crippen LogP contribution in [0.3, 0.4) is 0 Å². The summed E-state index contributed by atoms with van der Waals surface area (Å²) in [6, 6.07) is 4.87. The lowest BCUT2D eigenvalue weighted by Gasteiger charge is -2.16. The zero-order chi connectivity index (χ0) is 18.8. The van der Waals surface area contributed by atoms with Gasteiger partial charge in [0.25, 0.3) is 0 Å². The largest absolute Gasteiger partial charge is 0.484 e. The topological polar surface area (TPSA) is 70.2 Å². The summed E-state index contributed by atoms with van der Waals surface area (Å²) in [6.45, 7) is 4.33. The number of likely N-dealkylation sites (tertiary alicyclic amines) is 1. The van der Waals surface area contributed by atoms with Crippen LogP contribution in [0.4, 0.5) is 9.18 Å². The minimum absolute atomic E-state index is 0.0588. The lowest BCUT2D eigenvalue weighted by molar-refractivity contribution is 0.207. The SMILES string of the molecule is C[C@H]1CCN(C(=O)NCc2cc3cc(F)c(OCc4cscn4)cc3[nH]2)C1. The number of H-pyrrole nitrogens is 1. The molecule has 2 N–H and O–H groups in total. The average molecular weight is 388 g/mol. The predicted molar refractivity (Wildman–Crippen MR) is 102 cm³/mol. The van der Waals surface area contributed by atoms with Crippen molar-refractivity contribution in [3.63, 3.8) is 0 Å². The minimum Gasteiger partial charge on any atom is -0.484 e. The van der Waals surface area contributed by atoms with Gasteiger partial charge in [-0.15, -0.1) is 11.3 Å². The van der Waals surface area contributed by atoms with E-state index in [9.17, 15) is 9.18 Å². The molecule has 27 heavy (non-hydrogen) atoms. The van der Waals surface area contributed by atoms with Crippen LogP contribution in [-0.2, 0) is 13.2 Å². The van der Waals surface area contributed by atoms with Crippen LogP contribution in [0, 0.1) is 11.7 Å².